The fourth-order valence-electron chi connectivity index (χ4n) is 4.69. The molecule has 170 valence electrons. The van der Waals surface area contributed by atoms with Crippen molar-refractivity contribution in [2.24, 2.45) is 0 Å². The lowest BCUT2D eigenvalue weighted by Gasteiger charge is -2.11. The Kier molecular flexibility index (Phi) is 5.14. The van der Waals surface area contributed by atoms with Gasteiger partial charge in [0.15, 0.2) is 0 Å². The Labute approximate surface area is 209 Å². The van der Waals surface area contributed by atoms with E-state index in [2.05, 4.69) is 47.4 Å². The summed E-state index contributed by atoms with van der Waals surface area (Å²) in [6.45, 7) is 3.79. The van der Waals surface area contributed by atoms with Gasteiger partial charge in [-0.2, -0.15) is 0 Å². The highest BCUT2D eigenvalue weighted by atomic mass is 32.1. The van der Waals surface area contributed by atoms with Gasteiger partial charge in [0, 0.05) is 33.3 Å². The summed E-state index contributed by atoms with van der Waals surface area (Å²) in [5, 5.41) is 2.35. The van der Waals surface area contributed by atoms with Crippen LogP contribution < -0.4 is 0 Å². The molecule has 0 aliphatic heterocycles. The van der Waals surface area contributed by atoms with Gasteiger partial charge in [-0.25, -0.2) is 4.39 Å². The molecule has 0 N–H and O–H groups in total. The number of aromatic nitrogens is 1. The van der Waals surface area contributed by atoms with E-state index in [1.807, 2.05) is 50.2 Å². The fraction of sp³-hybridized carbons (Fsp3) is 0.0938. The largest absolute Gasteiger partial charge is 0.256 e. The summed E-state index contributed by atoms with van der Waals surface area (Å²) in [6, 6.07) is 31.8. The molecule has 3 heteroatoms. The molecule has 35 heavy (non-hydrogen) atoms. The average Bonchev–Trinajstić information content (AvgIpc) is 3.26. The molecule has 0 aliphatic carbocycles. The van der Waals surface area contributed by atoms with E-state index in [0.717, 1.165) is 48.5 Å². The third kappa shape index (κ3) is 3.92. The van der Waals surface area contributed by atoms with Crippen LogP contribution in [0.25, 0.3) is 53.7 Å². The maximum atomic E-state index is 14.2. The maximum absolute atomic E-state index is 14.2. The molecule has 6 aromatic rings. The van der Waals surface area contributed by atoms with Crippen molar-refractivity contribution in [3.05, 3.63) is 115 Å². The summed E-state index contributed by atoms with van der Waals surface area (Å²) in [4.78, 5) is 4.67. The van der Waals surface area contributed by atoms with Crippen molar-refractivity contribution in [2.75, 3.05) is 0 Å². The first-order valence-corrected chi connectivity index (χ1v) is 12.5. The van der Waals surface area contributed by atoms with Crippen molar-refractivity contribution in [1.82, 2.24) is 4.98 Å². The fourth-order valence-corrected chi connectivity index (χ4v) is 5.93. The predicted molar refractivity (Wildman–Crippen MR) is 147 cm³/mol. The lowest BCUT2D eigenvalue weighted by molar-refractivity contribution is 0.628. The van der Waals surface area contributed by atoms with Crippen LogP contribution in [-0.2, 0) is 0 Å². The molecule has 0 saturated heterocycles. The Morgan fingerprint density at radius 2 is 1.51 bits per heavy atom. The predicted octanol–water partition coefficient (Wildman–Crippen LogP) is 9.71. The van der Waals surface area contributed by atoms with Crippen LogP contribution in [0.2, 0.25) is 0 Å². The molecule has 0 unspecified atom stereocenters. The summed E-state index contributed by atoms with van der Waals surface area (Å²) in [7, 11) is 0. The van der Waals surface area contributed by atoms with Gasteiger partial charge in [-0.1, -0.05) is 74.5 Å². The van der Waals surface area contributed by atoms with Gasteiger partial charge in [0.2, 0.25) is 0 Å². The van der Waals surface area contributed by atoms with Gasteiger partial charge in [-0.15, -0.1) is 11.3 Å². The van der Waals surface area contributed by atoms with Crippen LogP contribution in [0.15, 0.2) is 103 Å². The molecular formula is C32H24FNS. The third-order valence-electron chi connectivity index (χ3n) is 6.47. The lowest BCUT2D eigenvalue weighted by Crippen LogP contribution is -1.90. The molecule has 2 heterocycles. The molecule has 0 amide bonds. The number of thiophene rings is 1. The molecule has 0 fully saturated rings. The molecule has 0 radical (unpaired) electrons. The number of hydrogen-bond donors (Lipinski definition) is 0. The van der Waals surface area contributed by atoms with Gasteiger partial charge in [0.1, 0.15) is 5.82 Å². The molecule has 0 aliphatic rings. The highest BCUT2D eigenvalue weighted by Gasteiger charge is 2.16. The van der Waals surface area contributed by atoms with Crippen LogP contribution in [0.1, 0.15) is 26.7 Å². The molecule has 4 aromatic carbocycles. The molecule has 0 saturated carbocycles. The average molecular weight is 475 g/mol. The topological polar surface area (TPSA) is 12.9 Å². The van der Waals surface area contributed by atoms with Crippen LogP contribution in [0, 0.1) is 5.82 Å². The SMILES string of the molecule is [2H]C(C)(C)c1ccnc(-c2cccc3c2sc2cc(-c4cccc(F)c4)c(-c4ccccc4)cc23)c1. The zero-order chi connectivity index (χ0) is 24.9. The minimum atomic E-state index is -0.698. The van der Waals surface area contributed by atoms with Gasteiger partial charge < -0.3 is 0 Å². The van der Waals surface area contributed by atoms with Crippen LogP contribution in [0.5, 0.6) is 0 Å². The molecule has 1 nitrogen and oxygen atoms in total. The van der Waals surface area contributed by atoms with Crippen molar-refractivity contribution >= 4 is 31.5 Å². The van der Waals surface area contributed by atoms with Crippen molar-refractivity contribution < 1.29 is 5.76 Å². The maximum Gasteiger partial charge on any atom is 0.123 e. The van der Waals surface area contributed by atoms with Gasteiger partial charge >= 0.3 is 0 Å². The van der Waals surface area contributed by atoms with Crippen molar-refractivity contribution in [2.45, 2.75) is 19.7 Å². The smallest absolute Gasteiger partial charge is 0.123 e. The van der Waals surface area contributed by atoms with Gasteiger partial charge in [0.25, 0.3) is 0 Å². The normalized spacial score (nSPS) is 12.3. The Morgan fingerprint density at radius 1 is 0.743 bits per heavy atom. The van der Waals surface area contributed by atoms with Crippen LogP contribution >= 0.6 is 11.3 Å². The monoisotopic (exact) mass is 474 g/mol. The number of nitrogens with zero attached hydrogens (tertiary/aromatic N) is 1. The highest BCUT2D eigenvalue weighted by molar-refractivity contribution is 7.26. The van der Waals surface area contributed by atoms with Crippen molar-refractivity contribution in [3.8, 4) is 33.5 Å². The molecular weight excluding hydrogens is 449 g/mol. The minimum absolute atomic E-state index is 0.242. The Balaban J connectivity index is 1.63. The number of pyridine rings is 1. The zero-order valence-electron chi connectivity index (χ0n) is 20.5. The molecule has 6 rings (SSSR count). The van der Waals surface area contributed by atoms with E-state index in [0.29, 0.717) is 0 Å². The second kappa shape index (κ2) is 8.75. The first-order valence-electron chi connectivity index (χ1n) is 12.2. The quantitative estimate of drug-likeness (QED) is 0.248. The van der Waals surface area contributed by atoms with Gasteiger partial charge in [-0.05, 0) is 70.1 Å². The van der Waals surface area contributed by atoms with E-state index in [-0.39, 0.29) is 5.82 Å². The highest BCUT2D eigenvalue weighted by Crippen LogP contribution is 2.44. The Hall–Kier alpha value is -3.82. The van der Waals surface area contributed by atoms with E-state index in [4.69, 9.17) is 1.37 Å². The summed E-state index contributed by atoms with van der Waals surface area (Å²) < 4.78 is 25.0. The van der Waals surface area contributed by atoms with E-state index < -0.39 is 5.89 Å². The second-order valence-corrected chi connectivity index (χ2v) is 10.0. The number of halogens is 1. The summed E-state index contributed by atoms with van der Waals surface area (Å²) >= 11 is 1.73. The number of fused-ring (bicyclic) bond motifs is 3. The van der Waals surface area contributed by atoms with Crippen LogP contribution in [0.3, 0.4) is 0 Å². The second-order valence-electron chi connectivity index (χ2n) is 8.98. The standard InChI is InChI=1S/C32H24FNS/c1-20(2)22-14-15-34-30(17-22)26-13-7-12-25-29-18-27(21-8-4-3-5-9-21)28(19-31(29)35-32(25)26)23-10-6-11-24(33)16-23/h3-20H,1-2H3/i20D. The minimum Gasteiger partial charge on any atom is -0.256 e. The summed E-state index contributed by atoms with van der Waals surface area (Å²) in [6.07, 6.45) is 1.79. The van der Waals surface area contributed by atoms with Crippen molar-refractivity contribution in [1.29, 1.82) is 0 Å². The first kappa shape index (κ1) is 20.5. The first-order chi connectivity index (χ1) is 17.4. The van der Waals surface area contributed by atoms with Crippen molar-refractivity contribution in [3.63, 3.8) is 0 Å². The molecule has 0 spiro atoms. The number of benzene rings is 4. The van der Waals surface area contributed by atoms with E-state index >= 15 is 0 Å². The zero-order valence-corrected chi connectivity index (χ0v) is 20.4. The lowest BCUT2D eigenvalue weighted by atomic mass is 9.92. The molecule has 0 atom stereocenters. The molecule has 2 aromatic heterocycles. The Morgan fingerprint density at radius 3 is 2.31 bits per heavy atom. The van der Waals surface area contributed by atoms with Crippen LogP contribution in [-0.4, -0.2) is 4.98 Å². The summed E-state index contributed by atoms with van der Waals surface area (Å²) in [5.74, 6) is -0.940. The molecule has 0 bridgehead atoms. The van der Waals surface area contributed by atoms with Gasteiger partial charge in [0.05, 0.1) is 5.69 Å². The summed E-state index contributed by atoms with van der Waals surface area (Å²) in [5.41, 5.74) is 6.92. The third-order valence-corrected chi connectivity index (χ3v) is 7.67. The number of rotatable bonds is 4. The Bertz CT molecular complexity index is 1730. The van der Waals surface area contributed by atoms with E-state index in [1.165, 1.54) is 16.8 Å². The number of hydrogen-bond acceptors (Lipinski definition) is 2. The van der Waals surface area contributed by atoms with E-state index in [9.17, 15) is 4.39 Å². The van der Waals surface area contributed by atoms with Gasteiger partial charge in [-0.3, -0.25) is 4.98 Å². The van der Waals surface area contributed by atoms with Crippen LogP contribution in [0.4, 0.5) is 4.39 Å². The van der Waals surface area contributed by atoms with E-state index in [1.54, 1.807) is 29.7 Å².